The van der Waals surface area contributed by atoms with Gasteiger partial charge in [-0.25, -0.2) is 0 Å². The highest BCUT2D eigenvalue weighted by Crippen LogP contribution is 2.51. The Morgan fingerprint density at radius 3 is 2.95 bits per heavy atom. The van der Waals surface area contributed by atoms with E-state index in [2.05, 4.69) is 53.2 Å². The monoisotopic (exact) mass is 278 g/mol. The number of allylic oxidation sites excluding steroid dienone is 2. The highest BCUT2D eigenvalue weighted by Gasteiger charge is 2.47. The van der Waals surface area contributed by atoms with Gasteiger partial charge in [0.1, 0.15) is 0 Å². The smallest absolute Gasteiger partial charge is 0.0538 e. The Hall–Kier alpha value is -1.54. The molecule has 2 heteroatoms. The summed E-state index contributed by atoms with van der Waals surface area (Å²) in [6.45, 7) is 3.71. The molecular weight excluding hydrogens is 256 g/mol. The van der Waals surface area contributed by atoms with Crippen LogP contribution in [0.3, 0.4) is 0 Å². The molecule has 4 atom stereocenters. The Bertz CT molecular complexity index is 726. The van der Waals surface area contributed by atoms with E-state index in [1.54, 1.807) is 5.56 Å². The third-order valence-electron chi connectivity index (χ3n) is 6.04. The van der Waals surface area contributed by atoms with Gasteiger partial charge in [0, 0.05) is 29.2 Å². The second kappa shape index (κ2) is 4.23. The molecule has 5 rings (SSSR count). The average Bonchev–Trinajstić information content (AvgIpc) is 3.06. The Balaban J connectivity index is 1.70. The van der Waals surface area contributed by atoms with Crippen LogP contribution in [-0.4, -0.2) is 22.5 Å². The van der Waals surface area contributed by atoms with Crippen molar-refractivity contribution in [2.75, 3.05) is 6.54 Å². The largest absolute Gasteiger partial charge is 0.357 e. The van der Waals surface area contributed by atoms with Crippen LogP contribution in [-0.2, 0) is 6.42 Å². The van der Waals surface area contributed by atoms with Crippen LogP contribution in [0.5, 0.6) is 0 Å². The molecule has 2 aliphatic heterocycles. The van der Waals surface area contributed by atoms with Crippen LogP contribution in [0.4, 0.5) is 0 Å². The second-order valence-corrected chi connectivity index (χ2v) is 7.12. The number of hydrogen-bond acceptors (Lipinski definition) is 1. The summed E-state index contributed by atoms with van der Waals surface area (Å²) in [6.07, 6.45) is 8.54. The fraction of sp³-hybridized carbons (Fsp3) is 0.474. The molecule has 2 aromatic rings. The first kappa shape index (κ1) is 12.0. The molecule has 1 fully saturated rings. The third kappa shape index (κ3) is 1.57. The third-order valence-corrected chi connectivity index (χ3v) is 6.04. The van der Waals surface area contributed by atoms with Crippen LogP contribution in [0, 0.1) is 11.8 Å². The number of H-pyrrole nitrogens is 1. The summed E-state index contributed by atoms with van der Waals surface area (Å²) in [6, 6.07) is 10.1. The van der Waals surface area contributed by atoms with Gasteiger partial charge in [-0.15, -0.1) is 0 Å². The minimum Gasteiger partial charge on any atom is -0.357 e. The van der Waals surface area contributed by atoms with Crippen LogP contribution in [0.15, 0.2) is 36.4 Å². The lowest BCUT2D eigenvalue weighted by Crippen LogP contribution is -2.39. The number of para-hydroxylation sites is 1. The van der Waals surface area contributed by atoms with E-state index in [9.17, 15) is 0 Å². The van der Waals surface area contributed by atoms with Crippen molar-refractivity contribution in [1.82, 2.24) is 9.88 Å². The van der Waals surface area contributed by atoms with E-state index in [0.717, 1.165) is 11.8 Å². The molecule has 2 nitrogen and oxygen atoms in total. The number of rotatable bonds is 0. The van der Waals surface area contributed by atoms with Crippen molar-refractivity contribution in [3.63, 3.8) is 0 Å². The Kier molecular flexibility index (Phi) is 2.43. The van der Waals surface area contributed by atoms with Crippen molar-refractivity contribution < 1.29 is 0 Å². The van der Waals surface area contributed by atoms with E-state index in [1.165, 1.54) is 42.4 Å². The van der Waals surface area contributed by atoms with Crippen molar-refractivity contribution in [3.05, 3.63) is 47.7 Å². The zero-order valence-corrected chi connectivity index (χ0v) is 12.5. The topological polar surface area (TPSA) is 19.0 Å². The van der Waals surface area contributed by atoms with E-state index >= 15 is 0 Å². The molecule has 1 aliphatic carbocycles. The molecule has 0 radical (unpaired) electrons. The standard InChI is InChI=1S/C19H22N2/c1-12-10-16-15-8-4-5-9-17(15)20-18(16)19-14-7-3-2-6-13(14)11-21(12)19/h2-5,8-9,12-14,19-20H,6-7,10-11H2,1H3/t12-,13-,14+,19+/m1/s1. The number of aromatic nitrogens is 1. The van der Waals surface area contributed by atoms with E-state index in [4.69, 9.17) is 0 Å². The predicted octanol–water partition coefficient (Wildman–Crippen LogP) is 4.05. The van der Waals surface area contributed by atoms with E-state index < -0.39 is 0 Å². The van der Waals surface area contributed by atoms with Crippen molar-refractivity contribution in [2.45, 2.75) is 38.3 Å². The summed E-state index contributed by atoms with van der Waals surface area (Å²) < 4.78 is 0. The van der Waals surface area contributed by atoms with Crippen LogP contribution in [0.25, 0.3) is 10.9 Å². The van der Waals surface area contributed by atoms with Gasteiger partial charge in [0.2, 0.25) is 0 Å². The highest BCUT2D eigenvalue weighted by atomic mass is 15.2. The fourth-order valence-corrected chi connectivity index (χ4v) is 5.06. The second-order valence-electron chi connectivity index (χ2n) is 7.12. The molecule has 0 unspecified atom stereocenters. The summed E-state index contributed by atoms with van der Waals surface area (Å²) in [4.78, 5) is 6.55. The number of fused-ring (bicyclic) bond motifs is 7. The van der Waals surface area contributed by atoms with Crippen molar-refractivity contribution in [2.24, 2.45) is 11.8 Å². The summed E-state index contributed by atoms with van der Waals surface area (Å²) in [7, 11) is 0. The van der Waals surface area contributed by atoms with E-state index in [0.29, 0.717) is 12.1 Å². The van der Waals surface area contributed by atoms with Crippen molar-refractivity contribution in [3.8, 4) is 0 Å². The normalized spacial score (nSPS) is 34.7. The van der Waals surface area contributed by atoms with Gasteiger partial charge in [0.25, 0.3) is 0 Å². The fourth-order valence-electron chi connectivity index (χ4n) is 5.06. The molecular formula is C19H22N2. The SMILES string of the molecule is C[C@@H]1Cc2c([nH]c3ccccc23)[C@@H]2[C@H]3CC=CC[C@@H]3CN12. The number of hydrogen-bond donors (Lipinski definition) is 1. The quantitative estimate of drug-likeness (QED) is 0.720. The maximum atomic E-state index is 3.78. The lowest BCUT2D eigenvalue weighted by molar-refractivity contribution is 0.153. The van der Waals surface area contributed by atoms with Gasteiger partial charge >= 0.3 is 0 Å². The number of benzene rings is 1. The van der Waals surface area contributed by atoms with Gasteiger partial charge in [-0.05, 0) is 49.7 Å². The molecule has 3 aliphatic rings. The van der Waals surface area contributed by atoms with Gasteiger partial charge in [-0.3, -0.25) is 4.90 Å². The van der Waals surface area contributed by atoms with E-state index in [1.807, 2.05) is 0 Å². The van der Waals surface area contributed by atoms with Crippen LogP contribution >= 0.6 is 0 Å². The molecule has 1 saturated heterocycles. The summed E-state index contributed by atoms with van der Waals surface area (Å²) in [5.41, 5.74) is 4.44. The maximum absolute atomic E-state index is 3.78. The lowest BCUT2D eigenvalue weighted by atomic mass is 9.79. The molecule has 21 heavy (non-hydrogen) atoms. The molecule has 0 bridgehead atoms. The minimum absolute atomic E-state index is 0.617. The van der Waals surface area contributed by atoms with Gasteiger partial charge < -0.3 is 4.98 Å². The molecule has 1 aromatic carbocycles. The highest BCUT2D eigenvalue weighted by molar-refractivity contribution is 5.85. The summed E-state index contributed by atoms with van der Waals surface area (Å²) >= 11 is 0. The minimum atomic E-state index is 0.617. The van der Waals surface area contributed by atoms with Gasteiger partial charge in [-0.2, -0.15) is 0 Å². The number of aromatic amines is 1. The van der Waals surface area contributed by atoms with Crippen molar-refractivity contribution in [1.29, 1.82) is 0 Å². The van der Waals surface area contributed by atoms with Crippen LogP contribution in [0.2, 0.25) is 0 Å². The maximum Gasteiger partial charge on any atom is 0.0538 e. The predicted molar refractivity (Wildman–Crippen MR) is 86.3 cm³/mol. The Morgan fingerprint density at radius 1 is 1.14 bits per heavy atom. The number of nitrogens with zero attached hydrogens (tertiary/aromatic N) is 1. The zero-order valence-electron chi connectivity index (χ0n) is 12.5. The van der Waals surface area contributed by atoms with Crippen LogP contribution < -0.4 is 0 Å². The lowest BCUT2D eigenvalue weighted by Gasteiger charge is -2.37. The Morgan fingerprint density at radius 2 is 2.00 bits per heavy atom. The molecule has 3 heterocycles. The molecule has 1 N–H and O–H groups in total. The Labute approximate surface area is 125 Å². The van der Waals surface area contributed by atoms with E-state index in [-0.39, 0.29) is 0 Å². The average molecular weight is 278 g/mol. The molecule has 1 aromatic heterocycles. The van der Waals surface area contributed by atoms with Crippen LogP contribution in [0.1, 0.15) is 37.1 Å². The van der Waals surface area contributed by atoms with Gasteiger partial charge in [-0.1, -0.05) is 30.4 Å². The molecule has 108 valence electrons. The van der Waals surface area contributed by atoms with Crippen molar-refractivity contribution >= 4 is 10.9 Å². The molecule has 0 spiro atoms. The summed E-state index contributed by atoms with van der Waals surface area (Å²) in [5, 5.41) is 1.45. The number of nitrogens with one attached hydrogen (secondary N) is 1. The molecule has 0 amide bonds. The zero-order chi connectivity index (χ0) is 14.0. The molecule has 0 saturated carbocycles. The first-order valence-electron chi connectivity index (χ1n) is 8.33. The first-order chi connectivity index (χ1) is 10.3. The van der Waals surface area contributed by atoms with Gasteiger partial charge in [0.05, 0.1) is 6.04 Å². The first-order valence-corrected chi connectivity index (χ1v) is 8.33. The summed E-state index contributed by atoms with van der Waals surface area (Å²) in [5.74, 6) is 1.67. The van der Waals surface area contributed by atoms with Gasteiger partial charge in [0.15, 0.2) is 0 Å².